The lowest BCUT2D eigenvalue weighted by molar-refractivity contribution is -0.136. The Morgan fingerprint density at radius 1 is 1.24 bits per heavy atom. The molecule has 2 heterocycles. The molecule has 1 aromatic heterocycles. The number of carboxylic acids is 1. The van der Waals surface area contributed by atoms with Crippen LogP contribution < -0.4 is 4.74 Å². The molecule has 4 rings (SSSR count). The van der Waals surface area contributed by atoms with Crippen molar-refractivity contribution in [2.75, 3.05) is 13.7 Å². The maximum absolute atomic E-state index is 13.2. The van der Waals surface area contributed by atoms with E-state index in [1.807, 2.05) is 28.8 Å². The van der Waals surface area contributed by atoms with Gasteiger partial charge in [-0.05, 0) is 30.3 Å². The van der Waals surface area contributed by atoms with Crippen LogP contribution in [-0.4, -0.2) is 48.1 Å². The molecule has 3 aromatic rings. The number of para-hydroxylation sites is 1. The summed E-state index contributed by atoms with van der Waals surface area (Å²) in [6, 6.07) is 11.5. The van der Waals surface area contributed by atoms with Gasteiger partial charge in [0.1, 0.15) is 12.4 Å². The summed E-state index contributed by atoms with van der Waals surface area (Å²) in [7, 11) is -2.38. The first kappa shape index (κ1) is 19.4. The Kier molecular flexibility index (Phi) is 4.79. The number of likely N-dealkylation sites (N-methyl/N-ethyl adjacent to an activating group) is 1. The monoisotopic (exact) mass is 418 g/mol. The third kappa shape index (κ3) is 3.36. The molecule has 0 fully saturated rings. The van der Waals surface area contributed by atoms with Crippen LogP contribution in [0.15, 0.2) is 53.4 Å². The largest absolute Gasteiger partial charge is 0.481 e. The van der Waals surface area contributed by atoms with Crippen LogP contribution in [0.2, 0.25) is 0 Å². The van der Waals surface area contributed by atoms with Crippen LogP contribution in [0.4, 0.5) is 4.39 Å². The van der Waals surface area contributed by atoms with Crippen molar-refractivity contribution in [3.63, 3.8) is 0 Å². The first-order chi connectivity index (χ1) is 13.8. The van der Waals surface area contributed by atoms with Crippen LogP contribution >= 0.6 is 0 Å². The van der Waals surface area contributed by atoms with Gasteiger partial charge in [-0.2, -0.15) is 4.31 Å². The summed E-state index contributed by atoms with van der Waals surface area (Å²) >= 11 is 0. The summed E-state index contributed by atoms with van der Waals surface area (Å²) in [5.74, 6) is -1.02. The SMILES string of the molecule is CN([C@@H]1COc2c(CC(=O)O)c3ccccc3n2C1)S(=O)(=O)c1ccc(F)cc1. The van der Waals surface area contributed by atoms with Crippen LogP contribution in [0.3, 0.4) is 0 Å². The molecule has 1 aliphatic rings. The molecule has 1 N–H and O–H groups in total. The van der Waals surface area contributed by atoms with Crippen molar-refractivity contribution in [3.8, 4) is 5.88 Å². The topological polar surface area (TPSA) is 88.8 Å². The lowest BCUT2D eigenvalue weighted by atomic mass is 10.1. The number of hydrogen-bond donors (Lipinski definition) is 1. The fourth-order valence-corrected chi connectivity index (χ4v) is 4.98. The molecule has 0 amide bonds. The number of benzene rings is 2. The molecule has 0 saturated heterocycles. The van der Waals surface area contributed by atoms with E-state index in [1.54, 1.807) is 0 Å². The van der Waals surface area contributed by atoms with Crippen molar-refractivity contribution >= 4 is 26.9 Å². The zero-order valence-corrected chi connectivity index (χ0v) is 16.4. The second-order valence-corrected chi connectivity index (χ2v) is 8.92. The molecule has 1 aliphatic heterocycles. The quantitative estimate of drug-likeness (QED) is 0.688. The molecule has 0 spiro atoms. The van der Waals surface area contributed by atoms with Crippen molar-refractivity contribution in [2.45, 2.75) is 23.9 Å². The van der Waals surface area contributed by atoms with Crippen molar-refractivity contribution in [1.82, 2.24) is 8.87 Å². The van der Waals surface area contributed by atoms with Crippen molar-refractivity contribution < 1.29 is 27.4 Å². The lowest BCUT2D eigenvalue weighted by Crippen LogP contribution is -2.45. The van der Waals surface area contributed by atoms with Gasteiger partial charge in [0, 0.05) is 24.5 Å². The van der Waals surface area contributed by atoms with E-state index >= 15 is 0 Å². The van der Waals surface area contributed by atoms with E-state index in [1.165, 1.54) is 23.5 Å². The minimum Gasteiger partial charge on any atom is -0.481 e. The molecular formula is C20H19FN2O5S. The molecule has 0 aliphatic carbocycles. The number of nitrogens with zero attached hydrogens (tertiary/aromatic N) is 2. The number of fused-ring (bicyclic) bond motifs is 3. The van der Waals surface area contributed by atoms with E-state index in [4.69, 9.17) is 4.74 Å². The Morgan fingerprint density at radius 3 is 2.62 bits per heavy atom. The predicted molar refractivity (Wildman–Crippen MR) is 104 cm³/mol. The van der Waals surface area contributed by atoms with E-state index in [2.05, 4.69) is 0 Å². The zero-order valence-electron chi connectivity index (χ0n) is 15.6. The average molecular weight is 418 g/mol. The molecular weight excluding hydrogens is 399 g/mol. The maximum atomic E-state index is 13.2. The summed E-state index contributed by atoms with van der Waals surface area (Å²) in [5.41, 5.74) is 1.37. The zero-order chi connectivity index (χ0) is 20.8. The first-order valence-corrected chi connectivity index (χ1v) is 10.4. The van der Waals surface area contributed by atoms with Gasteiger partial charge in [-0.25, -0.2) is 12.8 Å². The highest BCUT2D eigenvalue weighted by atomic mass is 32.2. The normalized spacial score (nSPS) is 16.6. The highest BCUT2D eigenvalue weighted by Crippen LogP contribution is 2.36. The minimum absolute atomic E-state index is 0.00359. The van der Waals surface area contributed by atoms with Gasteiger partial charge in [-0.15, -0.1) is 0 Å². The number of carboxylic acid groups (broad SMARTS) is 1. The number of rotatable bonds is 5. The summed E-state index contributed by atoms with van der Waals surface area (Å²) in [4.78, 5) is 11.3. The lowest BCUT2D eigenvalue weighted by Gasteiger charge is -2.32. The van der Waals surface area contributed by atoms with Gasteiger partial charge in [0.15, 0.2) is 5.88 Å². The first-order valence-electron chi connectivity index (χ1n) is 8.97. The highest BCUT2D eigenvalue weighted by Gasteiger charge is 2.34. The standard InChI is InChI=1S/C20H19FN2O5S/c1-22(29(26,27)15-8-6-13(21)7-9-15)14-11-23-18-5-3-2-4-16(18)17(10-19(24)25)20(23)28-12-14/h2-9,14H,10-12H2,1H3,(H,24,25)/t14-/m0/s1. The summed E-state index contributed by atoms with van der Waals surface area (Å²) in [6.07, 6.45) is -0.183. The fraction of sp³-hybridized carbons (Fsp3) is 0.250. The molecule has 0 radical (unpaired) electrons. The van der Waals surface area contributed by atoms with Gasteiger partial charge < -0.3 is 14.4 Å². The Morgan fingerprint density at radius 2 is 1.93 bits per heavy atom. The Labute approximate surface area is 167 Å². The third-order valence-corrected chi connectivity index (χ3v) is 7.09. The number of halogens is 1. The van der Waals surface area contributed by atoms with E-state index in [0.29, 0.717) is 18.0 Å². The molecule has 1 atom stereocenters. The minimum atomic E-state index is -3.84. The van der Waals surface area contributed by atoms with Crippen molar-refractivity contribution in [3.05, 3.63) is 59.9 Å². The van der Waals surface area contributed by atoms with Crippen LogP contribution in [0.25, 0.3) is 10.9 Å². The van der Waals surface area contributed by atoms with E-state index < -0.39 is 27.9 Å². The van der Waals surface area contributed by atoms with Gasteiger partial charge in [0.25, 0.3) is 0 Å². The number of aliphatic carboxylic acids is 1. The third-order valence-electron chi connectivity index (χ3n) is 5.16. The average Bonchev–Trinajstić information content (AvgIpc) is 3.00. The number of carbonyl (C=O) groups is 1. The molecule has 0 bridgehead atoms. The summed E-state index contributed by atoms with van der Waals surface area (Å²) in [6.45, 7) is 0.395. The van der Waals surface area contributed by atoms with E-state index in [-0.39, 0.29) is 17.9 Å². The second-order valence-electron chi connectivity index (χ2n) is 6.92. The van der Waals surface area contributed by atoms with Gasteiger partial charge in [-0.3, -0.25) is 4.79 Å². The number of ether oxygens (including phenoxy) is 1. The number of aromatic nitrogens is 1. The molecule has 0 unspecified atom stereocenters. The molecule has 7 nitrogen and oxygen atoms in total. The summed E-state index contributed by atoms with van der Waals surface area (Å²) < 4.78 is 47.9. The summed E-state index contributed by atoms with van der Waals surface area (Å²) in [5, 5.41) is 10.0. The van der Waals surface area contributed by atoms with Gasteiger partial charge in [0.05, 0.1) is 22.9 Å². The Hall–Kier alpha value is -2.91. The van der Waals surface area contributed by atoms with Gasteiger partial charge >= 0.3 is 5.97 Å². The maximum Gasteiger partial charge on any atom is 0.308 e. The number of hydrogen-bond acceptors (Lipinski definition) is 4. The smallest absolute Gasteiger partial charge is 0.308 e. The van der Waals surface area contributed by atoms with E-state index in [9.17, 15) is 22.7 Å². The molecule has 29 heavy (non-hydrogen) atoms. The van der Waals surface area contributed by atoms with Crippen LogP contribution in [0.1, 0.15) is 5.56 Å². The van der Waals surface area contributed by atoms with Crippen LogP contribution in [0, 0.1) is 5.82 Å². The fourth-order valence-electron chi connectivity index (χ4n) is 3.65. The molecule has 0 saturated carbocycles. The van der Waals surface area contributed by atoms with Gasteiger partial charge in [-0.1, -0.05) is 18.2 Å². The highest BCUT2D eigenvalue weighted by molar-refractivity contribution is 7.89. The molecule has 152 valence electrons. The predicted octanol–water partition coefficient (Wildman–Crippen LogP) is 2.49. The van der Waals surface area contributed by atoms with Crippen LogP contribution in [0.5, 0.6) is 5.88 Å². The Bertz CT molecular complexity index is 1190. The second kappa shape index (κ2) is 7.16. The van der Waals surface area contributed by atoms with Gasteiger partial charge in [0.2, 0.25) is 10.0 Å². The molecule has 2 aromatic carbocycles. The number of sulfonamides is 1. The van der Waals surface area contributed by atoms with Crippen LogP contribution in [-0.2, 0) is 27.8 Å². The van der Waals surface area contributed by atoms with Crippen molar-refractivity contribution in [1.29, 1.82) is 0 Å². The van der Waals surface area contributed by atoms with Crippen molar-refractivity contribution in [2.24, 2.45) is 0 Å². The Balaban J connectivity index is 1.70. The van der Waals surface area contributed by atoms with E-state index in [0.717, 1.165) is 23.0 Å². The molecule has 9 heteroatoms.